The Labute approximate surface area is 125 Å². The fourth-order valence-corrected chi connectivity index (χ4v) is 2.54. The minimum absolute atomic E-state index is 0.240. The highest BCUT2D eigenvalue weighted by atomic mass is 16.5. The van der Waals surface area contributed by atoms with Crippen molar-refractivity contribution in [2.45, 2.75) is 18.9 Å². The predicted octanol–water partition coefficient (Wildman–Crippen LogP) is 2.75. The van der Waals surface area contributed by atoms with Gasteiger partial charge in [-0.2, -0.15) is 0 Å². The molecule has 1 aromatic heterocycles. The smallest absolute Gasteiger partial charge is 0.161 e. The second-order valence-corrected chi connectivity index (χ2v) is 5.16. The van der Waals surface area contributed by atoms with Crippen molar-refractivity contribution in [1.29, 1.82) is 0 Å². The molecule has 1 aliphatic heterocycles. The van der Waals surface area contributed by atoms with Crippen LogP contribution in [0.5, 0.6) is 11.5 Å². The molecule has 4 heteroatoms. The van der Waals surface area contributed by atoms with Gasteiger partial charge in [-0.25, -0.2) is 0 Å². The van der Waals surface area contributed by atoms with E-state index in [2.05, 4.69) is 22.4 Å². The van der Waals surface area contributed by atoms with E-state index in [1.54, 1.807) is 0 Å². The lowest BCUT2D eigenvalue weighted by Gasteiger charge is -2.18. The topological polar surface area (TPSA) is 43.4 Å². The summed E-state index contributed by atoms with van der Waals surface area (Å²) in [6, 6.07) is 10.5. The number of benzene rings is 1. The van der Waals surface area contributed by atoms with Crippen LogP contribution in [0.3, 0.4) is 0 Å². The highest BCUT2D eigenvalue weighted by Gasteiger charge is 2.15. The number of fused-ring (bicyclic) bond motifs is 1. The fraction of sp³-hybridized carbons (Fsp3) is 0.353. The first-order chi connectivity index (χ1) is 10.4. The van der Waals surface area contributed by atoms with Crippen molar-refractivity contribution in [2.75, 3.05) is 20.3 Å². The molecule has 21 heavy (non-hydrogen) atoms. The average Bonchev–Trinajstić information content (AvgIpc) is 2.78. The van der Waals surface area contributed by atoms with Crippen molar-refractivity contribution in [1.82, 2.24) is 10.3 Å². The first kappa shape index (κ1) is 13.9. The summed E-state index contributed by atoms with van der Waals surface area (Å²) in [6.45, 7) is 1.43. The molecule has 0 saturated carbocycles. The molecule has 2 aromatic rings. The van der Waals surface area contributed by atoms with Crippen molar-refractivity contribution in [3.8, 4) is 11.5 Å². The Balaban J connectivity index is 1.82. The average molecular weight is 284 g/mol. The third-order valence-electron chi connectivity index (χ3n) is 3.71. The molecule has 1 unspecified atom stereocenters. The Kier molecular flexibility index (Phi) is 4.36. The Morgan fingerprint density at radius 2 is 1.86 bits per heavy atom. The molecule has 0 bridgehead atoms. The van der Waals surface area contributed by atoms with Crippen LogP contribution in [0.4, 0.5) is 0 Å². The lowest BCUT2D eigenvalue weighted by atomic mass is 9.99. The van der Waals surface area contributed by atoms with Crippen LogP contribution in [0.2, 0.25) is 0 Å². The predicted molar refractivity (Wildman–Crippen MR) is 81.8 cm³/mol. The number of likely N-dealkylation sites (N-methyl/N-ethyl adjacent to an activating group) is 1. The van der Waals surface area contributed by atoms with Gasteiger partial charge in [0.25, 0.3) is 0 Å². The third-order valence-corrected chi connectivity index (χ3v) is 3.71. The quantitative estimate of drug-likeness (QED) is 0.937. The van der Waals surface area contributed by atoms with E-state index < -0.39 is 0 Å². The summed E-state index contributed by atoms with van der Waals surface area (Å²) < 4.78 is 11.5. The molecule has 0 spiro atoms. The van der Waals surface area contributed by atoms with Gasteiger partial charge in [0.05, 0.1) is 13.2 Å². The highest BCUT2D eigenvalue weighted by molar-refractivity contribution is 5.44. The Morgan fingerprint density at radius 3 is 2.62 bits per heavy atom. The monoisotopic (exact) mass is 284 g/mol. The summed E-state index contributed by atoms with van der Waals surface area (Å²) in [5, 5.41) is 3.37. The van der Waals surface area contributed by atoms with Gasteiger partial charge in [-0.05, 0) is 48.9 Å². The number of nitrogens with one attached hydrogen (secondary N) is 1. The summed E-state index contributed by atoms with van der Waals surface area (Å²) in [7, 11) is 1.98. The molecule has 1 N–H and O–H groups in total. The zero-order chi connectivity index (χ0) is 14.5. The standard InChI is InChI=1S/C17H20N2O2/c1-18-15(11-13-5-7-19-8-6-13)14-3-4-16-17(12-14)21-10-2-9-20-16/h3-8,12,15,18H,2,9-11H2,1H3. The minimum Gasteiger partial charge on any atom is -0.490 e. The van der Waals surface area contributed by atoms with Crippen LogP contribution in [0.15, 0.2) is 42.7 Å². The number of ether oxygens (including phenoxy) is 2. The maximum Gasteiger partial charge on any atom is 0.161 e. The Hall–Kier alpha value is -2.07. The zero-order valence-electron chi connectivity index (χ0n) is 12.2. The van der Waals surface area contributed by atoms with E-state index in [1.807, 2.05) is 37.6 Å². The van der Waals surface area contributed by atoms with Crippen molar-refractivity contribution in [2.24, 2.45) is 0 Å². The molecule has 0 fully saturated rings. The summed E-state index contributed by atoms with van der Waals surface area (Å²) >= 11 is 0. The largest absolute Gasteiger partial charge is 0.490 e. The molecule has 2 heterocycles. The van der Waals surface area contributed by atoms with Crippen molar-refractivity contribution in [3.63, 3.8) is 0 Å². The SMILES string of the molecule is CNC(Cc1ccncc1)c1ccc2c(c1)OCCCO2. The second-order valence-electron chi connectivity index (χ2n) is 5.16. The molecule has 110 valence electrons. The van der Waals surface area contributed by atoms with Gasteiger partial charge in [0.2, 0.25) is 0 Å². The van der Waals surface area contributed by atoms with Crippen LogP contribution in [0.25, 0.3) is 0 Å². The van der Waals surface area contributed by atoms with Gasteiger partial charge >= 0.3 is 0 Å². The van der Waals surface area contributed by atoms with E-state index in [0.717, 1.165) is 30.9 Å². The van der Waals surface area contributed by atoms with Crippen LogP contribution < -0.4 is 14.8 Å². The van der Waals surface area contributed by atoms with Gasteiger partial charge < -0.3 is 14.8 Å². The normalized spacial score (nSPS) is 15.3. The molecule has 4 nitrogen and oxygen atoms in total. The molecular formula is C17H20N2O2. The van der Waals surface area contributed by atoms with E-state index in [4.69, 9.17) is 9.47 Å². The molecule has 1 atom stereocenters. The van der Waals surface area contributed by atoms with Gasteiger partial charge in [0, 0.05) is 24.9 Å². The Morgan fingerprint density at radius 1 is 1.10 bits per heavy atom. The van der Waals surface area contributed by atoms with Crippen LogP contribution in [-0.2, 0) is 6.42 Å². The summed E-state index contributed by atoms with van der Waals surface area (Å²) in [5.74, 6) is 1.69. The van der Waals surface area contributed by atoms with Crippen LogP contribution in [0.1, 0.15) is 23.6 Å². The van der Waals surface area contributed by atoms with Gasteiger partial charge in [-0.15, -0.1) is 0 Å². The molecule has 0 saturated heterocycles. The van der Waals surface area contributed by atoms with Gasteiger partial charge in [-0.1, -0.05) is 6.07 Å². The third kappa shape index (κ3) is 3.34. The molecule has 0 aliphatic carbocycles. The van der Waals surface area contributed by atoms with E-state index in [9.17, 15) is 0 Å². The highest BCUT2D eigenvalue weighted by Crippen LogP contribution is 2.33. The lowest BCUT2D eigenvalue weighted by molar-refractivity contribution is 0.297. The molecule has 0 radical (unpaired) electrons. The minimum atomic E-state index is 0.240. The maximum absolute atomic E-state index is 5.77. The number of aromatic nitrogens is 1. The van der Waals surface area contributed by atoms with Gasteiger partial charge in [0.1, 0.15) is 0 Å². The van der Waals surface area contributed by atoms with Gasteiger partial charge in [0.15, 0.2) is 11.5 Å². The molecular weight excluding hydrogens is 264 g/mol. The number of hydrogen-bond acceptors (Lipinski definition) is 4. The Bertz CT molecular complexity index is 587. The second kappa shape index (κ2) is 6.59. The zero-order valence-corrected chi connectivity index (χ0v) is 12.2. The van der Waals surface area contributed by atoms with Crippen LogP contribution in [-0.4, -0.2) is 25.2 Å². The van der Waals surface area contributed by atoms with Crippen molar-refractivity contribution >= 4 is 0 Å². The molecule has 1 aromatic carbocycles. The van der Waals surface area contributed by atoms with E-state index in [0.29, 0.717) is 6.61 Å². The summed E-state index contributed by atoms with van der Waals surface area (Å²) in [6.07, 6.45) is 5.50. The van der Waals surface area contributed by atoms with Gasteiger partial charge in [-0.3, -0.25) is 4.98 Å². The molecule has 0 amide bonds. The number of pyridine rings is 1. The lowest BCUT2D eigenvalue weighted by Crippen LogP contribution is -2.19. The number of rotatable bonds is 4. The molecule has 3 rings (SSSR count). The maximum atomic E-state index is 5.77. The van der Waals surface area contributed by atoms with E-state index in [-0.39, 0.29) is 6.04 Å². The fourth-order valence-electron chi connectivity index (χ4n) is 2.54. The summed E-state index contributed by atoms with van der Waals surface area (Å²) in [4.78, 5) is 4.06. The summed E-state index contributed by atoms with van der Waals surface area (Å²) in [5.41, 5.74) is 2.47. The van der Waals surface area contributed by atoms with E-state index >= 15 is 0 Å². The van der Waals surface area contributed by atoms with Crippen molar-refractivity contribution < 1.29 is 9.47 Å². The van der Waals surface area contributed by atoms with Crippen LogP contribution in [0, 0.1) is 0 Å². The molecule has 1 aliphatic rings. The number of hydrogen-bond donors (Lipinski definition) is 1. The first-order valence-corrected chi connectivity index (χ1v) is 7.32. The van der Waals surface area contributed by atoms with Crippen LogP contribution >= 0.6 is 0 Å². The van der Waals surface area contributed by atoms with Crippen molar-refractivity contribution in [3.05, 3.63) is 53.9 Å². The first-order valence-electron chi connectivity index (χ1n) is 7.32. The van der Waals surface area contributed by atoms with E-state index in [1.165, 1.54) is 11.1 Å². The number of nitrogens with zero attached hydrogens (tertiary/aromatic N) is 1.